The van der Waals surface area contributed by atoms with Gasteiger partial charge in [-0.25, -0.2) is 4.98 Å². The second kappa shape index (κ2) is 3.68. The summed E-state index contributed by atoms with van der Waals surface area (Å²) in [4.78, 5) is 14.6. The van der Waals surface area contributed by atoms with Crippen molar-refractivity contribution >= 4 is 17.5 Å². The van der Waals surface area contributed by atoms with Crippen molar-refractivity contribution in [2.24, 2.45) is 5.73 Å². The van der Waals surface area contributed by atoms with Crippen LogP contribution in [0.3, 0.4) is 0 Å². The van der Waals surface area contributed by atoms with E-state index in [9.17, 15) is 4.79 Å². The second-order valence-electron chi connectivity index (χ2n) is 2.20. The van der Waals surface area contributed by atoms with Gasteiger partial charge in [-0.1, -0.05) is 6.07 Å². The zero-order valence-corrected chi connectivity index (χ0v) is 6.45. The molecule has 1 rings (SSSR count). The van der Waals surface area contributed by atoms with E-state index in [4.69, 9.17) is 11.5 Å². The minimum absolute atomic E-state index is 0.0590. The average Bonchev–Trinajstić information content (AvgIpc) is 2.04. The van der Waals surface area contributed by atoms with Crippen LogP contribution in [0.5, 0.6) is 0 Å². The highest BCUT2D eigenvalue weighted by Gasteiger charge is 1.98. The Kier molecular flexibility index (Phi) is 2.60. The van der Waals surface area contributed by atoms with Gasteiger partial charge in [0.25, 0.3) is 0 Å². The summed E-state index contributed by atoms with van der Waals surface area (Å²) in [6, 6.07) is 4.98. The summed E-state index contributed by atoms with van der Waals surface area (Å²) in [5, 5.41) is 2.48. The highest BCUT2D eigenvalue weighted by atomic mass is 16.1. The van der Waals surface area contributed by atoms with E-state index in [2.05, 4.69) is 10.3 Å². The van der Waals surface area contributed by atoms with Crippen LogP contribution in [0.15, 0.2) is 18.2 Å². The van der Waals surface area contributed by atoms with E-state index in [1.807, 2.05) is 0 Å². The van der Waals surface area contributed by atoms with E-state index in [-0.39, 0.29) is 12.5 Å². The van der Waals surface area contributed by atoms with Crippen molar-refractivity contribution < 1.29 is 4.79 Å². The number of nitrogens with zero attached hydrogens (tertiary/aromatic N) is 1. The lowest BCUT2D eigenvalue weighted by molar-refractivity contribution is -0.114. The lowest BCUT2D eigenvalue weighted by Crippen LogP contribution is -2.22. The Hall–Kier alpha value is -1.62. The fourth-order valence-corrected chi connectivity index (χ4v) is 0.715. The summed E-state index contributed by atoms with van der Waals surface area (Å²) in [7, 11) is 0. The number of amides is 1. The van der Waals surface area contributed by atoms with Crippen molar-refractivity contribution in [3.8, 4) is 0 Å². The predicted octanol–water partition coefficient (Wildman–Crippen LogP) is -0.439. The number of nitrogen functional groups attached to an aromatic ring is 1. The molecule has 5 heteroatoms. The van der Waals surface area contributed by atoms with Crippen molar-refractivity contribution in [2.45, 2.75) is 0 Å². The van der Waals surface area contributed by atoms with E-state index < -0.39 is 0 Å². The number of carbonyl (C=O) groups excluding carboxylic acids is 1. The highest BCUT2D eigenvalue weighted by molar-refractivity contribution is 5.91. The molecule has 64 valence electrons. The van der Waals surface area contributed by atoms with E-state index in [1.165, 1.54) is 0 Å². The number of hydrogen-bond acceptors (Lipinski definition) is 4. The Bertz CT molecular complexity index is 286. The van der Waals surface area contributed by atoms with Gasteiger partial charge in [0.15, 0.2) is 0 Å². The van der Waals surface area contributed by atoms with Crippen molar-refractivity contribution in [3.05, 3.63) is 18.2 Å². The van der Waals surface area contributed by atoms with Crippen LogP contribution in [0.1, 0.15) is 0 Å². The molecule has 1 aromatic heterocycles. The molecule has 0 bridgehead atoms. The molecule has 1 heterocycles. The van der Waals surface area contributed by atoms with Gasteiger partial charge in [-0.2, -0.15) is 0 Å². The predicted molar refractivity (Wildman–Crippen MR) is 46.3 cm³/mol. The van der Waals surface area contributed by atoms with Gasteiger partial charge >= 0.3 is 0 Å². The number of nitrogens with one attached hydrogen (secondary N) is 1. The van der Waals surface area contributed by atoms with Gasteiger partial charge in [-0.15, -0.1) is 0 Å². The van der Waals surface area contributed by atoms with Gasteiger partial charge < -0.3 is 16.8 Å². The minimum atomic E-state index is -0.284. The van der Waals surface area contributed by atoms with Crippen molar-refractivity contribution in [1.29, 1.82) is 0 Å². The largest absolute Gasteiger partial charge is 0.384 e. The Morgan fingerprint density at radius 2 is 2.33 bits per heavy atom. The molecule has 0 aliphatic rings. The lowest BCUT2D eigenvalue weighted by Gasteiger charge is -2.01. The molecular formula is C7H10N4O. The SMILES string of the molecule is NCC(=O)Nc1cccc(N)n1. The molecular weight excluding hydrogens is 156 g/mol. The molecule has 0 atom stereocenters. The third-order valence-corrected chi connectivity index (χ3v) is 1.22. The van der Waals surface area contributed by atoms with Gasteiger partial charge in [0.1, 0.15) is 11.6 Å². The van der Waals surface area contributed by atoms with Crippen LogP contribution in [0, 0.1) is 0 Å². The van der Waals surface area contributed by atoms with Crippen LogP contribution < -0.4 is 16.8 Å². The van der Waals surface area contributed by atoms with Gasteiger partial charge in [-0.3, -0.25) is 4.79 Å². The third-order valence-electron chi connectivity index (χ3n) is 1.22. The van der Waals surface area contributed by atoms with Crippen LogP contribution in [0.2, 0.25) is 0 Å². The molecule has 0 radical (unpaired) electrons. The summed E-state index contributed by atoms with van der Waals surface area (Å²) in [6.07, 6.45) is 0. The normalized spacial score (nSPS) is 9.42. The van der Waals surface area contributed by atoms with Crippen LogP contribution in [-0.2, 0) is 4.79 Å². The van der Waals surface area contributed by atoms with Crippen LogP contribution in [-0.4, -0.2) is 17.4 Å². The molecule has 5 N–H and O–H groups in total. The maximum Gasteiger partial charge on any atom is 0.239 e. The fraction of sp³-hybridized carbons (Fsp3) is 0.143. The summed E-state index contributed by atoms with van der Waals surface area (Å²) in [5.74, 6) is 0.503. The summed E-state index contributed by atoms with van der Waals surface area (Å²) in [6.45, 7) is -0.0590. The molecule has 0 aliphatic heterocycles. The zero-order chi connectivity index (χ0) is 8.97. The molecule has 0 saturated carbocycles. The number of carbonyl (C=O) groups is 1. The Morgan fingerprint density at radius 3 is 2.92 bits per heavy atom. The molecule has 0 fully saturated rings. The van der Waals surface area contributed by atoms with Crippen molar-refractivity contribution in [1.82, 2.24) is 4.98 Å². The molecule has 1 aromatic rings. The fourth-order valence-electron chi connectivity index (χ4n) is 0.715. The summed E-state index contributed by atoms with van der Waals surface area (Å²) < 4.78 is 0. The van der Waals surface area contributed by atoms with Gasteiger partial charge in [0, 0.05) is 0 Å². The Morgan fingerprint density at radius 1 is 1.58 bits per heavy atom. The quantitative estimate of drug-likeness (QED) is 0.555. The molecule has 0 saturated heterocycles. The van der Waals surface area contributed by atoms with Crippen molar-refractivity contribution in [3.63, 3.8) is 0 Å². The first-order valence-electron chi connectivity index (χ1n) is 3.45. The molecule has 0 aliphatic carbocycles. The minimum Gasteiger partial charge on any atom is -0.384 e. The monoisotopic (exact) mass is 166 g/mol. The highest BCUT2D eigenvalue weighted by Crippen LogP contribution is 2.04. The molecule has 0 unspecified atom stereocenters. The first-order chi connectivity index (χ1) is 5.72. The van der Waals surface area contributed by atoms with Crippen molar-refractivity contribution in [2.75, 3.05) is 17.6 Å². The van der Waals surface area contributed by atoms with Crippen LogP contribution in [0.4, 0.5) is 11.6 Å². The topological polar surface area (TPSA) is 94.0 Å². The van der Waals surface area contributed by atoms with E-state index >= 15 is 0 Å². The smallest absolute Gasteiger partial charge is 0.239 e. The van der Waals surface area contributed by atoms with Crippen LogP contribution in [0.25, 0.3) is 0 Å². The number of nitrogens with two attached hydrogens (primary N) is 2. The van der Waals surface area contributed by atoms with E-state index in [0.717, 1.165) is 0 Å². The third kappa shape index (κ3) is 2.21. The Labute approximate surface area is 69.8 Å². The number of anilines is 2. The summed E-state index contributed by atoms with van der Waals surface area (Å²) >= 11 is 0. The first kappa shape index (κ1) is 8.48. The zero-order valence-electron chi connectivity index (χ0n) is 6.45. The maximum atomic E-state index is 10.8. The average molecular weight is 166 g/mol. The molecule has 1 amide bonds. The number of aromatic nitrogens is 1. The van der Waals surface area contributed by atoms with Gasteiger partial charge in [0.2, 0.25) is 5.91 Å². The number of rotatable bonds is 2. The number of pyridine rings is 1. The van der Waals surface area contributed by atoms with Crippen LogP contribution >= 0.6 is 0 Å². The second-order valence-corrected chi connectivity index (χ2v) is 2.20. The molecule has 0 aromatic carbocycles. The molecule has 0 spiro atoms. The lowest BCUT2D eigenvalue weighted by atomic mass is 10.4. The first-order valence-corrected chi connectivity index (χ1v) is 3.45. The van der Waals surface area contributed by atoms with E-state index in [0.29, 0.717) is 11.6 Å². The summed E-state index contributed by atoms with van der Waals surface area (Å²) in [5.41, 5.74) is 10.5. The van der Waals surface area contributed by atoms with Gasteiger partial charge in [-0.05, 0) is 12.1 Å². The van der Waals surface area contributed by atoms with Gasteiger partial charge in [0.05, 0.1) is 6.54 Å². The standard InChI is InChI=1S/C7H10N4O/c8-4-7(12)11-6-3-1-2-5(9)10-6/h1-3H,4,8H2,(H3,9,10,11,12). The number of hydrogen-bond donors (Lipinski definition) is 3. The molecule has 12 heavy (non-hydrogen) atoms. The van der Waals surface area contributed by atoms with E-state index in [1.54, 1.807) is 18.2 Å². The Balaban J connectivity index is 2.69. The molecule has 5 nitrogen and oxygen atoms in total. The maximum absolute atomic E-state index is 10.8.